The van der Waals surface area contributed by atoms with Gasteiger partial charge in [0, 0.05) is 19.5 Å². The molecule has 1 aromatic carbocycles. The van der Waals surface area contributed by atoms with E-state index in [-0.39, 0.29) is 10.8 Å². The highest BCUT2D eigenvalue weighted by atomic mass is 16.2. The second-order valence-electron chi connectivity index (χ2n) is 8.69. The first-order chi connectivity index (χ1) is 10.1. The Morgan fingerprint density at radius 3 is 1.91 bits per heavy atom. The number of likely N-dealkylation sites (tertiary alicyclic amines) is 1. The van der Waals surface area contributed by atoms with Gasteiger partial charge < -0.3 is 4.90 Å². The third-order valence-corrected chi connectivity index (χ3v) is 4.52. The Kier molecular flexibility index (Phi) is 4.70. The van der Waals surface area contributed by atoms with E-state index >= 15 is 0 Å². The first-order valence-electron chi connectivity index (χ1n) is 8.50. The average Bonchev–Trinajstić information content (AvgIpc) is 2.39. The molecule has 1 aliphatic rings. The molecule has 2 nitrogen and oxygen atoms in total. The molecule has 122 valence electrons. The highest BCUT2D eigenvalue weighted by Crippen LogP contribution is 2.31. The summed E-state index contributed by atoms with van der Waals surface area (Å²) in [7, 11) is 0. The van der Waals surface area contributed by atoms with E-state index in [4.69, 9.17) is 0 Å². The lowest BCUT2D eigenvalue weighted by Gasteiger charge is -2.30. The third kappa shape index (κ3) is 4.12. The van der Waals surface area contributed by atoms with Crippen molar-refractivity contribution in [3.63, 3.8) is 0 Å². The summed E-state index contributed by atoms with van der Waals surface area (Å²) >= 11 is 0. The van der Waals surface area contributed by atoms with Crippen molar-refractivity contribution < 1.29 is 4.79 Å². The van der Waals surface area contributed by atoms with Crippen LogP contribution in [0, 0.1) is 0 Å². The lowest BCUT2D eigenvalue weighted by Crippen LogP contribution is -2.34. The predicted octanol–water partition coefficient (Wildman–Crippen LogP) is 4.79. The van der Waals surface area contributed by atoms with Crippen molar-refractivity contribution in [2.24, 2.45) is 0 Å². The van der Waals surface area contributed by atoms with Crippen molar-refractivity contribution in [2.45, 2.75) is 78.2 Å². The molecule has 22 heavy (non-hydrogen) atoms. The number of rotatable bonds is 2. The maximum atomic E-state index is 12.1. The fourth-order valence-corrected chi connectivity index (χ4v) is 2.90. The van der Waals surface area contributed by atoms with Crippen LogP contribution in [0.3, 0.4) is 0 Å². The van der Waals surface area contributed by atoms with Crippen molar-refractivity contribution in [2.75, 3.05) is 6.54 Å². The zero-order valence-corrected chi connectivity index (χ0v) is 15.1. The lowest BCUT2D eigenvalue weighted by molar-refractivity contribution is -0.133. The lowest BCUT2D eigenvalue weighted by atomic mass is 9.79. The summed E-state index contributed by atoms with van der Waals surface area (Å²) in [6.07, 6.45) is 2.90. The van der Waals surface area contributed by atoms with Gasteiger partial charge in [-0.15, -0.1) is 0 Å². The first kappa shape index (κ1) is 17.1. The Labute approximate surface area is 135 Å². The van der Waals surface area contributed by atoms with Crippen molar-refractivity contribution in [1.82, 2.24) is 4.90 Å². The molecule has 1 aliphatic heterocycles. The SMILES string of the molecule is CC(C)(C)c1cc(CN2CCCCC2=O)cc(C(C)(C)C)c1. The number of piperidine rings is 1. The molecule has 0 aromatic heterocycles. The molecule has 2 rings (SSSR count). The Hall–Kier alpha value is -1.31. The number of amides is 1. The number of nitrogens with zero attached hydrogens (tertiary/aromatic N) is 1. The number of benzene rings is 1. The molecule has 0 unspecified atom stereocenters. The quantitative estimate of drug-likeness (QED) is 0.769. The Bertz CT molecular complexity index is 514. The molecule has 1 fully saturated rings. The molecule has 0 spiro atoms. The van der Waals surface area contributed by atoms with Crippen molar-refractivity contribution in [3.8, 4) is 0 Å². The second-order valence-corrected chi connectivity index (χ2v) is 8.69. The molecule has 1 saturated heterocycles. The Balaban J connectivity index is 2.35. The summed E-state index contributed by atoms with van der Waals surface area (Å²) < 4.78 is 0. The van der Waals surface area contributed by atoms with Crippen LogP contribution in [0.2, 0.25) is 0 Å². The van der Waals surface area contributed by atoms with Crippen LogP contribution in [0.15, 0.2) is 18.2 Å². The summed E-state index contributed by atoms with van der Waals surface area (Å²) in [6, 6.07) is 6.91. The van der Waals surface area contributed by atoms with Gasteiger partial charge in [0.25, 0.3) is 0 Å². The molecular weight excluding hydrogens is 270 g/mol. The van der Waals surface area contributed by atoms with E-state index in [1.54, 1.807) is 0 Å². The van der Waals surface area contributed by atoms with Gasteiger partial charge in [0.1, 0.15) is 0 Å². The summed E-state index contributed by atoms with van der Waals surface area (Å²) in [5.74, 6) is 0.310. The van der Waals surface area contributed by atoms with E-state index in [0.29, 0.717) is 12.3 Å². The van der Waals surface area contributed by atoms with E-state index in [1.807, 2.05) is 4.90 Å². The van der Waals surface area contributed by atoms with E-state index in [1.165, 1.54) is 16.7 Å². The molecular formula is C20H31NO. The van der Waals surface area contributed by atoms with Crippen LogP contribution in [0.25, 0.3) is 0 Å². The average molecular weight is 301 g/mol. The maximum absolute atomic E-state index is 12.1. The second kappa shape index (κ2) is 6.06. The minimum atomic E-state index is 0.127. The van der Waals surface area contributed by atoms with Crippen LogP contribution in [-0.4, -0.2) is 17.4 Å². The third-order valence-electron chi connectivity index (χ3n) is 4.52. The number of hydrogen-bond donors (Lipinski definition) is 0. The zero-order valence-electron chi connectivity index (χ0n) is 15.1. The number of carbonyl (C=O) groups excluding carboxylic acids is 1. The van der Waals surface area contributed by atoms with Crippen LogP contribution in [0.1, 0.15) is 77.5 Å². The van der Waals surface area contributed by atoms with E-state index in [9.17, 15) is 4.79 Å². The topological polar surface area (TPSA) is 20.3 Å². The maximum Gasteiger partial charge on any atom is 0.222 e. The van der Waals surface area contributed by atoms with Crippen molar-refractivity contribution in [3.05, 3.63) is 34.9 Å². The predicted molar refractivity (Wildman–Crippen MR) is 93.1 cm³/mol. The monoisotopic (exact) mass is 301 g/mol. The van der Waals surface area contributed by atoms with Gasteiger partial charge in [0.05, 0.1) is 0 Å². The standard InChI is InChI=1S/C20H31NO/c1-19(2,3)16-11-15(12-17(13-16)20(4,5)6)14-21-10-8-7-9-18(21)22/h11-13H,7-10,14H2,1-6H3. The van der Waals surface area contributed by atoms with Gasteiger partial charge in [0.15, 0.2) is 0 Å². The molecule has 0 saturated carbocycles. The summed E-state index contributed by atoms with van der Waals surface area (Å²) in [6.45, 7) is 15.2. The molecule has 1 heterocycles. The molecule has 1 amide bonds. The van der Waals surface area contributed by atoms with E-state index in [2.05, 4.69) is 59.7 Å². The Morgan fingerprint density at radius 2 is 1.45 bits per heavy atom. The summed E-state index contributed by atoms with van der Waals surface area (Å²) in [5, 5.41) is 0. The number of carbonyl (C=O) groups is 1. The van der Waals surface area contributed by atoms with Crippen LogP contribution in [-0.2, 0) is 22.2 Å². The van der Waals surface area contributed by atoms with Crippen LogP contribution in [0.5, 0.6) is 0 Å². The fourth-order valence-electron chi connectivity index (χ4n) is 2.90. The van der Waals surface area contributed by atoms with Gasteiger partial charge in [-0.1, -0.05) is 59.7 Å². The highest BCUT2D eigenvalue weighted by Gasteiger charge is 2.23. The van der Waals surface area contributed by atoms with Crippen molar-refractivity contribution in [1.29, 1.82) is 0 Å². The van der Waals surface area contributed by atoms with Gasteiger partial charge in [-0.05, 0) is 40.4 Å². The van der Waals surface area contributed by atoms with E-state index in [0.717, 1.165) is 25.9 Å². The molecule has 0 N–H and O–H groups in total. The van der Waals surface area contributed by atoms with Gasteiger partial charge in [-0.25, -0.2) is 0 Å². The minimum Gasteiger partial charge on any atom is -0.338 e. The molecule has 1 aromatic rings. The Morgan fingerprint density at radius 1 is 0.909 bits per heavy atom. The fraction of sp³-hybridized carbons (Fsp3) is 0.650. The molecule has 0 bridgehead atoms. The van der Waals surface area contributed by atoms with Gasteiger partial charge >= 0.3 is 0 Å². The summed E-state index contributed by atoms with van der Waals surface area (Å²) in [4.78, 5) is 14.1. The highest BCUT2D eigenvalue weighted by molar-refractivity contribution is 5.76. The summed E-state index contributed by atoms with van der Waals surface area (Å²) in [5.41, 5.74) is 4.25. The van der Waals surface area contributed by atoms with E-state index < -0.39 is 0 Å². The largest absolute Gasteiger partial charge is 0.338 e. The minimum absolute atomic E-state index is 0.127. The smallest absolute Gasteiger partial charge is 0.222 e. The first-order valence-corrected chi connectivity index (χ1v) is 8.50. The van der Waals surface area contributed by atoms with Crippen LogP contribution in [0.4, 0.5) is 0 Å². The molecule has 2 heteroatoms. The van der Waals surface area contributed by atoms with Gasteiger partial charge in [-0.3, -0.25) is 4.79 Å². The van der Waals surface area contributed by atoms with Crippen LogP contribution >= 0.6 is 0 Å². The number of hydrogen-bond acceptors (Lipinski definition) is 1. The molecule has 0 atom stereocenters. The molecule has 0 radical (unpaired) electrons. The van der Waals surface area contributed by atoms with Gasteiger partial charge in [-0.2, -0.15) is 0 Å². The van der Waals surface area contributed by atoms with Crippen molar-refractivity contribution >= 4 is 5.91 Å². The normalized spacial score (nSPS) is 17.0. The zero-order chi connectivity index (χ0) is 16.5. The van der Waals surface area contributed by atoms with Gasteiger partial charge in [0.2, 0.25) is 5.91 Å². The van der Waals surface area contributed by atoms with Crippen LogP contribution < -0.4 is 0 Å². The molecule has 0 aliphatic carbocycles.